The summed E-state index contributed by atoms with van der Waals surface area (Å²) in [5.74, 6) is 1.54. The maximum Gasteiger partial charge on any atom is 0.519 e. The summed E-state index contributed by atoms with van der Waals surface area (Å²) >= 11 is 0. The van der Waals surface area contributed by atoms with Crippen molar-refractivity contribution in [3.8, 4) is 68.2 Å². The van der Waals surface area contributed by atoms with Crippen LogP contribution < -0.4 is 28.4 Å². The van der Waals surface area contributed by atoms with Gasteiger partial charge in [0.25, 0.3) is 0 Å². The summed E-state index contributed by atoms with van der Waals surface area (Å²) in [6.45, 7) is 4.05. The molecule has 302 valence electrons. The van der Waals surface area contributed by atoms with E-state index in [-0.39, 0.29) is 17.2 Å². The number of carbonyl (C=O) groups excluding carboxylic acids is 2. The Hall–Kier alpha value is -7.66. The monoisotopic (exact) mass is 808 g/mol. The number of ether oxygens (including phenoxy) is 7. The van der Waals surface area contributed by atoms with E-state index in [1.807, 2.05) is 56.3 Å². The lowest BCUT2D eigenvalue weighted by Gasteiger charge is -2.26. The molecule has 11 heteroatoms. The van der Waals surface area contributed by atoms with Gasteiger partial charge in [-0.3, -0.25) is 0 Å². The molecule has 0 unspecified atom stereocenters. The van der Waals surface area contributed by atoms with E-state index in [0.29, 0.717) is 45.4 Å². The van der Waals surface area contributed by atoms with E-state index in [1.165, 1.54) is 32.4 Å². The Morgan fingerprint density at radius 3 is 1.28 bits per heavy atom. The predicted molar refractivity (Wildman–Crippen MR) is 222 cm³/mol. The first-order valence-electron chi connectivity index (χ1n) is 18.6. The van der Waals surface area contributed by atoms with Crippen LogP contribution in [0.2, 0.25) is 0 Å². The molecule has 60 heavy (non-hydrogen) atoms. The highest BCUT2D eigenvalue weighted by Gasteiger charge is 2.24. The third-order valence-corrected chi connectivity index (χ3v) is 9.65. The van der Waals surface area contributed by atoms with Crippen molar-refractivity contribution < 1.29 is 51.5 Å². The summed E-state index contributed by atoms with van der Waals surface area (Å²) < 4.78 is 66.6. The molecule has 0 aliphatic heterocycles. The first-order chi connectivity index (χ1) is 29.0. The zero-order valence-electron chi connectivity index (χ0n) is 32.9. The minimum Gasteiger partial charge on any atom is -0.494 e. The molecule has 7 aromatic carbocycles. The van der Waals surface area contributed by atoms with E-state index >= 15 is 4.39 Å². The number of rotatable bonds is 12. The quantitative estimate of drug-likeness (QED) is 0.0882. The van der Waals surface area contributed by atoms with Crippen molar-refractivity contribution in [2.45, 2.75) is 19.3 Å². The summed E-state index contributed by atoms with van der Waals surface area (Å²) in [6, 6.07) is 44.6. The molecule has 0 N–H and O–H groups in total. The van der Waals surface area contributed by atoms with Crippen molar-refractivity contribution in [1.82, 2.24) is 0 Å². The molecule has 9 nitrogen and oxygen atoms in total. The van der Waals surface area contributed by atoms with Crippen LogP contribution >= 0.6 is 0 Å². The Morgan fingerprint density at radius 2 is 0.850 bits per heavy atom. The fourth-order valence-corrected chi connectivity index (χ4v) is 6.30. The van der Waals surface area contributed by atoms with Crippen molar-refractivity contribution in [3.05, 3.63) is 180 Å². The number of carbonyl (C=O) groups is 2. The molecule has 0 aliphatic carbocycles. The Bertz CT molecular complexity index is 2610. The van der Waals surface area contributed by atoms with Gasteiger partial charge in [0.2, 0.25) is 0 Å². The van der Waals surface area contributed by atoms with Gasteiger partial charge in [-0.25, -0.2) is 18.4 Å². The summed E-state index contributed by atoms with van der Waals surface area (Å²) in [7, 11) is 2.66. The lowest BCUT2D eigenvalue weighted by Crippen LogP contribution is -2.19. The minimum absolute atomic E-state index is 0.185. The highest BCUT2D eigenvalue weighted by Crippen LogP contribution is 2.35. The zero-order valence-corrected chi connectivity index (χ0v) is 32.9. The summed E-state index contributed by atoms with van der Waals surface area (Å²) in [5, 5.41) is 0. The largest absolute Gasteiger partial charge is 0.519 e. The van der Waals surface area contributed by atoms with E-state index < -0.39 is 29.4 Å². The van der Waals surface area contributed by atoms with Gasteiger partial charge in [0, 0.05) is 11.5 Å². The number of hydrogen-bond acceptors (Lipinski definition) is 9. The highest BCUT2D eigenvalue weighted by atomic mass is 19.1. The molecule has 0 aliphatic rings. The normalized spacial score (nSPS) is 11.0. The Labute approximate surface area is 345 Å². The Balaban J connectivity index is 0.918. The van der Waals surface area contributed by atoms with Gasteiger partial charge in [-0.15, -0.1) is 0 Å². The third kappa shape index (κ3) is 9.71. The third-order valence-electron chi connectivity index (χ3n) is 9.65. The smallest absolute Gasteiger partial charge is 0.494 e. The number of hydrogen-bond donors (Lipinski definition) is 0. The van der Waals surface area contributed by atoms with Crippen LogP contribution in [-0.2, 0) is 10.2 Å². The van der Waals surface area contributed by atoms with E-state index in [9.17, 15) is 14.0 Å². The molecule has 7 aromatic rings. The molecule has 0 fully saturated rings. The molecule has 0 saturated heterocycles. The average Bonchev–Trinajstić information content (AvgIpc) is 3.25. The standard InChI is InChI=1S/C49H38F2O9/c1-49(2,35-14-22-39(23-15-35)58-47(52)55-4)36-16-24-40(25-17-36)59-48(53)60-46-27-13-34(29-44(46)51)32-10-20-38(21-11-32)57-42-7-5-6-41(30-42)56-37-18-8-31(9-19-37)33-12-26-45(54-3)43(50)28-33/h5-30H,1-4H3. The van der Waals surface area contributed by atoms with Crippen molar-refractivity contribution in [2.24, 2.45) is 0 Å². The molecule has 0 atom stereocenters. The Morgan fingerprint density at radius 1 is 0.433 bits per heavy atom. The summed E-state index contributed by atoms with van der Waals surface area (Å²) in [6.07, 6.45) is -1.89. The number of benzene rings is 7. The van der Waals surface area contributed by atoms with Crippen LogP contribution in [0, 0.1) is 11.6 Å². The molecule has 0 radical (unpaired) electrons. The van der Waals surface area contributed by atoms with Gasteiger partial charge >= 0.3 is 12.3 Å². The fraction of sp³-hybridized carbons (Fsp3) is 0.102. The zero-order chi connectivity index (χ0) is 42.2. The molecular formula is C49H38F2O9. The number of halogens is 2. The lowest BCUT2D eigenvalue weighted by molar-refractivity contribution is 0.121. The van der Waals surface area contributed by atoms with Crippen LogP contribution in [0.25, 0.3) is 22.3 Å². The average molecular weight is 809 g/mol. The number of methoxy groups -OCH3 is 2. The molecule has 0 heterocycles. The van der Waals surface area contributed by atoms with Crippen molar-refractivity contribution in [2.75, 3.05) is 14.2 Å². The lowest BCUT2D eigenvalue weighted by atomic mass is 9.78. The van der Waals surface area contributed by atoms with E-state index in [0.717, 1.165) is 16.7 Å². The van der Waals surface area contributed by atoms with Crippen molar-refractivity contribution >= 4 is 12.3 Å². The second-order valence-corrected chi connectivity index (χ2v) is 13.9. The van der Waals surface area contributed by atoms with Gasteiger partial charge in [0.15, 0.2) is 23.1 Å². The van der Waals surface area contributed by atoms with Gasteiger partial charge in [-0.1, -0.05) is 80.6 Å². The summed E-state index contributed by atoms with van der Waals surface area (Å²) in [5.41, 5.74) is 4.25. The minimum atomic E-state index is -1.09. The molecule has 0 aromatic heterocycles. The van der Waals surface area contributed by atoms with Gasteiger partial charge in [-0.2, -0.15) is 0 Å². The van der Waals surface area contributed by atoms with Crippen LogP contribution in [0.15, 0.2) is 158 Å². The molecule has 0 saturated carbocycles. The summed E-state index contributed by atoms with van der Waals surface area (Å²) in [4.78, 5) is 24.0. The van der Waals surface area contributed by atoms with Gasteiger partial charge in [0.05, 0.1) is 14.2 Å². The second-order valence-electron chi connectivity index (χ2n) is 13.9. The Kier molecular flexibility index (Phi) is 12.1. The van der Waals surface area contributed by atoms with Gasteiger partial charge < -0.3 is 33.2 Å². The molecular weight excluding hydrogens is 771 g/mol. The first kappa shape index (κ1) is 40.5. The maximum atomic E-state index is 15.2. The second kappa shape index (κ2) is 17.9. The van der Waals surface area contributed by atoms with Crippen LogP contribution in [0.5, 0.6) is 46.0 Å². The highest BCUT2D eigenvalue weighted by molar-refractivity contribution is 5.70. The van der Waals surface area contributed by atoms with E-state index in [1.54, 1.807) is 97.1 Å². The van der Waals surface area contributed by atoms with Crippen LogP contribution in [0.3, 0.4) is 0 Å². The van der Waals surface area contributed by atoms with Crippen LogP contribution in [-0.4, -0.2) is 26.5 Å². The topological polar surface area (TPSA) is 98.8 Å². The SMILES string of the molecule is COC(=O)Oc1ccc(C(C)(C)c2ccc(OC(=O)Oc3ccc(-c4ccc(Oc5cccc(Oc6ccc(-c7ccc(OC)c(F)c7)cc6)c5)cc4)cc3F)cc2)cc1. The van der Waals surface area contributed by atoms with Crippen LogP contribution in [0.4, 0.5) is 18.4 Å². The van der Waals surface area contributed by atoms with E-state index in [4.69, 9.17) is 28.4 Å². The van der Waals surface area contributed by atoms with Gasteiger partial charge in [-0.05, 0) is 118 Å². The fourth-order valence-electron chi connectivity index (χ4n) is 6.30. The molecule has 0 bridgehead atoms. The molecule has 7 rings (SSSR count). The molecule has 0 amide bonds. The first-order valence-corrected chi connectivity index (χ1v) is 18.6. The van der Waals surface area contributed by atoms with Crippen LogP contribution in [0.1, 0.15) is 25.0 Å². The maximum absolute atomic E-state index is 15.2. The predicted octanol–water partition coefficient (Wildman–Crippen LogP) is 12.9. The van der Waals surface area contributed by atoms with Crippen molar-refractivity contribution in [1.29, 1.82) is 0 Å². The van der Waals surface area contributed by atoms with Crippen molar-refractivity contribution in [3.63, 3.8) is 0 Å². The van der Waals surface area contributed by atoms with E-state index in [2.05, 4.69) is 4.74 Å². The molecule has 0 spiro atoms. The van der Waals surface area contributed by atoms with Gasteiger partial charge in [0.1, 0.15) is 34.5 Å².